The molecule has 1 heterocycles. The van der Waals surface area contributed by atoms with Crippen LogP contribution in [0.5, 0.6) is 0 Å². The van der Waals surface area contributed by atoms with Crippen LogP contribution < -0.4 is 0 Å². The van der Waals surface area contributed by atoms with Gasteiger partial charge in [0.05, 0.1) is 0 Å². The molecule has 0 aromatic rings. The highest BCUT2D eigenvalue weighted by atomic mass is 16.1. The molecule has 1 saturated carbocycles. The van der Waals surface area contributed by atoms with Crippen molar-refractivity contribution in [2.75, 3.05) is 6.54 Å². The third kappa shape index (κ3) is 3.56. The highest BCUT2D eigenvalue weighted by Crippen LogP contribution is 2.59. The summed E-state index contributed by atoms with van der Waals surface area (Å²) in [6.45, 7) is 17.4. The average molecular weight is 410 g/mol. The number of fused-ring (bicyclic) bond motifs is 4. The van der Waals surface area contributed by atoms with E-state index < -0.39 is 0 Å². The van der Waals surface area contributed by atoms with E-state index in [0.717, 1.165) is 44.1 Å². The molecule has 30 heavy (non-hydrogen) atoms. The van der Waals surface area contributed by atoms with Gasteiger partial charge in [0, 0.05) is 30.5 Å². The van der Waals surface area contributed by atoms with Gasteiger partial charge in [0.15, 0.2) is 0 Å². The quantitative estimate of drug-likeness (QED) is 0.437. The van der Waals surface area contributed by atoms with Crippen molar-refractivity contribution in [3.63, 3.8) is 0 Å². The molecule has 0 amide bonds. The number of rotatable bonds is 5. The van der Waals surface area contributed by atoms with Crippen molar-refractivity contribution in [2.24, 2.45) is 39.5 Å². The third-order valence-electron chi connectivity index (χ3n) is 9.77. The number of hydrogen-bond donors (Lipinski definition) is 0. The number of hydrogen-bond acceptors (Lipinski definition) is 2. The minimum absolute atomic E-state index is 0.239. The monoisotopic (exact) mass is 409 g/mol. The lowest BCUT2D eigenvalue weighted by Crippen LogP contribution is -2.49. The van der Waals surface area contributed by atoms with Gasteiger partial charge in [-0.05, 0) is 86.0 Å². The summed E-state index contributed by atoms with van der Waals surface area (Å²) in [6, 6.07) is 0. The van der Waals surface area contributed by atoms with Crippen LogP contribution >= 0.6 is 0 Å². The zero-order valence-corrected chi connectivity index (χ0v) is 20.2. The van der Waals surface area contributed by atoms with E-state index in [1.54, 1.807) is 11.1 Å². The zero-order chi connectivity index (χ0) is 21.7. The van der Waals surface area contributed by atoms with Crippen molar-refractivity contribution in [2.45, 2.75) is 98.8 Å². The first-order valence-corrected chi connectivity index (χ1v) is 12.6. The lowest BCUT2D eigenvalue weighted by atomic mass is 9.50. The van der Waals surface area contributed by atoms with Crippen LogP contribution in [0.1, 0.15) is 98.8 Å². The van der Waals surface area contributed by atoms with E-state index in [1.807, 2.05) is 0 Å². The Balaban J connectivity index is 1.59. The van der Waals surface area contributed by atoms with Gasteiger partial charge in [-0.15, -0.1) is 0 Å². The second-order valence-corrected chi connectivity index (χ2v) is 11.7. The van der Waals surface area contributed by atoms with Gasteiger partial charge in [0.1, 0.15) is 5.78 Å². The SMILES string of the molecule is C=C(CC[C@@H](C)[C@H]1CCN=C2C3=C(CC[C@@]21C)[C@@]1(C)CCC(=O)C[C@@H]1CC3)C(C)C. The topological polar surface area (TPSA) is 29.4 Å². The normalized spacial score (nSPS) is 37.3. The van der Waals surface area contributed by atoms with E-state index in [0.29, 0.717) is 17.6 Å². The van der Waals surface area contributed by atoms with Gasteiger partial charge >= 0.3 is 0 Å². The Morgan fingerprint density at radius 3 is 2.57 bits per heavy atom. The Morgan fingerprint density at radius 1 is 1.10 bits per heavy atom. The number of nitrogens with zero attached hydrogens (tertiary/aromatic N) is 1. The number of Topliss-reactive ketones (excluding diaryl/α,β-unsaturated/α-hetero) is 1. The maximum absolute atomic E-state index is 12.1. The first kappa shape index (κ1) is 22.0. The summed E-state index contributed by atoms with van der Waals surface area (Å²) in [6.07, 6.45) is 11.2. The number of aliphatic imine (C=N–C) groups is 1. The van der Waals surface area contributed by atoms with E-state index in [2.05, 4.69) is 41.2 Å². The van der Waals surface area contributed by atoms with Crippen LogP contribution in [0.25, 0.3) is 0 Å². The summed E-state index contributed by atoms with van der Waals surface area (Å²) in [5.74, 6) is 3.11. The van der Waals surface area contributed by atoms with Gasteiger partial charge in [0.25, 0.3) is 0 Å². The molecule has 2 heteroatoms. The fourth-order valence-corrected chi connectivity index (χ4v) is 7.47. The lowest BCUT2D eigenvalue weighted by molar-refractivity contribution is -0.124. The molecule has 0 saturated heterocycles. The summed E-state index contributed by atoms with van der Waals surface area (Å²) in [5, 5.41) is 0. The minimum Gasteiger partial charge on any atom is -0.300 e. The predicted molar refractivity (Wildman–Crippen MR) is 127 cm³/mol. The Hall–Kier alpha value is -1.18. The van der Waals surface area contributed by atoms with Crippen LogP contribution in [-0.4, -0.2) is 18.0 Å². The zero-order valence-electron chi connectivity index (χ0n) is 20.2. The summed E-state index contributed by atoms with van der Waals surface area (Å²) in [7, 11) is 0. The van der Waals surface area contributed by atoms with E-state index in [9.17, 15) is 4.79 Å². The number of carbonyl (C=O) groups is 1. The Bertz CT molecular complexity index is 786. The van der Waals surface area contributed by atoms with Gasteiger partial charge < -0.3 is 0 Å². The van der Waals surface area contributed by atoms with Crippen LogP contribution in [0.3, 0.4) is 0 Å². The molecule has 5 atom stereocenters. The molecule has 0 bridgehead atoms. The molecule has 0 spiro atoms. The molecule has 4 aliphatic rings. The summed E-state index contributed by atoms with van der Waals surface area (Å²) in [4.78, 5) is 17.3. The summed E-state index contributed by atoms with van der Waals surface area (Å²) >= 11 is 0. The Morgan fingerprint density at radius 2 is 1.83 bits per heavy atom. The van der Waals surface area contributed by atoms with Crippen LogP contribution in [-0.2, 0) is 4.79 Å². The van der Waals surface area contributed by atoms with Crippen molar-refractivity contribution < 1.29 is 4.79 Å². The van der Waals surface area contributed by atoms with Crippen molar-refractivity contribution in [1.29, 1.82) is 0 Å². The Labute approximate surface area is 184 Å². The fourth-order valence-electron chi connectivity index (χ4n) is 7.47. The van der Waals surface area contributed by atoms with Gasteiger partial charge in [-0.25, -0.2) is 0 Å². The first-order chi connectivity index (χ1) is 14.2. The second kappa shape index (κ2) is 8.06. The van der Waals surface area contributed by atoms with E-state index in [4.69, 9.17) is 4.99 Å². The van der Waals surface area contributed by atoms with Gasteiger partial charge in [-0.2, -0.15) is 0 Å². The molecule has 2 nitrogen and oxygen atoms in total. The lowest BCUT2D eigenvalue weighted by Gasteiger charge is -2.55. The molecule has 166 valence electrons. The van der Waals surface area contributed by atoms with Crippen LogP contribution in [0.15, 0.2) is 28.3 Å². The summed E-state index contributed by atoms with van der Waals surface area (Å²) in [5.41, 5.74) is 6.70. The fraction of sp³-hybridized carbons (Fsp3) is 0.786. The summed E-state index contributed by atoms with van der Waals surface area (Å²) < 4.78 is 0. The smallest absolute Gasteiger partial charge is 0.133 e. The molecule has 0 N–H and O–H groups in total. The average Bonchev–Trinajstić information content (AvgIpc) is 2.71. The van der Waals surface area contributed by atoms with Gasteiger partial charge in [0.2, 0.25) is 0 Å². The first-order valence-electron chi connectivity index (χ1n) is 12.6. The predicted octanol–water partition coefficient (Wildman–Crippen LogP) is 7.34. The molecule has 0 radical (unpaired) electrons. The number of carbonyl (C=O) groups excluding carboxylic acids is 1. The molecule has 0 unspecified atom stereocenters. The highest BCUT2D eigenvalue weighted by Gasteiger charge is 2.53. The van der Waals surface area contributed by atoms with Crippen LogP contribution in [0, 0.1) is 34.5 Å². The van der Waals surface area contributed by atoms with Crippen molar-refractivity contribution in [1.82, 2.24) is 0 Å². The minimum atomic E-state index is 0.239. The van der Waals surface area contributed by atoms with E-state index in [-0.39, 0.29) is 10.8 Å². The van der Waals surface area contributed by atoms with Crippen LogP contribution in [0.2, 0.25) is 0 Å². The molecule has 0 aromatic heterocycles. The highest BCUT2D eigenvalue weighted by molar-refractivity contribution is 6.06. The van der Waals surface area contributed by atoms with Crippen molar-refractivity contribution in [3.8, 4) is 0 Å². The molecule has 0 aromatic carbocycles. The van der Waals surface area contributed by atoms with E-state index >= 15 is 0 Å². The molecule has 1 fully saturated rings. The number of allylic oxidation sites excluding steroid dienone is 3. The molecule has 3 aliphatic carbocycles. The molecular weight excluding hydrogens is 366 g/mol. The maximum atomic E-state index is 12.1. The van der Waals surface area contributed by atoms with Crippen molar-refractivity contribution in [3.05, 3.63) is 23.3 Å². The molecule has 4 rings (SSSR count). The molecular formula is C28H43NO. The Kier molecular flexibility index (Phi) is 5.92. The van der Waals surface area contributed by atoms with Gasteiger partial charge in [-0.3, -0.25) is 9.79 Å². The second-order valence-electron chi connectivity index (χ2n) is 11.7. The van der Waals surface area contributed by atoms with Crippen molar-refractivity contribution >= 4 is 11.5 Å². The third-order valence-corrected chi connectivity index (χ3v) is 9.77. The maximum Gasteiger partial charge on any atom is 0.133 e. The molecule has 1 aliphatic heterocycles. The standard InChI is InChI=1S/C28H43NO/c1-18(2)19(3)7-8-20(4)24-13-16-29-26-23-10-9-21-17-22(30)11-14-27(21,5)25(23)12-15-28(24,26)6/h18,20-21,24H,3,7-17H2,1-2,4-6H3/t20-,21+,24-,27+,28-/m1/s1. The largest absolute Gasteiger partial charge is 0.300 e. The number of ketones is 1. The van der Waals surface area contributed by atoms with Crippen LogP contribution in [0.4, 0.5) is 0 Å². The van der Waals surface area contributed by atoms with E-state index in [1.165, 1.54) is 49.8 Å². The van der Waals surface area contributed by atoms with Gasteiger partial charge in [-0.1, -0.05) is 52.3 Å².